The Balaban J connectivity index is 2.14. The van der Waals surface area contributed by atoms with E-state index in [-0.39, 0.29) is 12.6 Å². The first-order valence-electron chi connectivity index (χ1n) is 7.52. The highest BCUT2D eigenvalue weighted by Gasteiger charge is 2.05. The summed E-state index contributed by atoms with van der Waals surface area (Å²) < 4.78 is 10.9. The molecule has 7 nitrogen and oxygen atoms in total. The molecule has 0 aliphatic carbocycles. The summed E-state index contributed by atoms with van der Waals surface area (Å²) in [4.78, 5) is 3.87. The molecule has 1 unspecified atom stereocenters. The molecule has 0 fully saturated rings. The Morgan fingerprint density at radius 1 is 1.26 bits per heavy atom. The quantitative estimate of drug-likeness (QED) is 0.190. The summed E-state index contributed by atoms with van der Waals surface area (Å²) in [5, 5.41) is 13.0. The summed E-state index contributed by atoms with van der Waals surface area (Å²) in [5.74, 6) is 1.53. The van der Waals surface area contributed by atoms with Crippen LogP contribution in [0.5, 0.6) is 11.5 Å². The van der Waals surface area contributed by atoms with Gasteiger partial charge in [-0.25, -0.2) is 0 Å². The van der Waals surface area contributed by atoms with Crippen molar-refractivity contribution in [2.75, 3.05) is 32.8 Å². The van der Waals surface area contributed by atoms with Crippen molar-refractivity contribution in [1.29, 1.82) is 0 Å². The topological polar surface area (TPSA) is 115 Å². The molecule has 0 spiro atoms. The lowest BCUT2D eigenvalue weighted by Gasteiger charge is -2.13. The number of nitrogens with zero attached hydrogens (tertiary/aromatic N) is 1. The van der Waals surface area contributed by atoms with Crippen molar-refractivity contribution in [3.05, 3.63) is 36.9 Å². The Hall–Kier alpha value is -2.25. The molecule has 0 bridgehead atoms. The number of aliphatic hydroxyl groups is 1. The number of rotatable bonds is 12. The van der Waals surface area contributed by atoms with E-state index in [0.717, 1.165) is 18.7 Å². The van der Waals surface area contributed by atoms with Crippen molar-refractivity contribution in [2.24, 2.45) is 16.5 Å². The Bertz CT molecular complexity index is 473. The maximum atomic E-state index is 9.84. The molecule has 0 saturated heterocycles. The Kier molecular flexibility index (Phi) is 9.26. The van der Waals surface area contributed by atoms with Crippen LogP contribution >= 0.6 is 0 Å². The molecule has 0 radical (unpaired) electrons. The number of guanidine groups is 1. The van der Waals surface area contributed by atoms with Crippen LogP contribution < -0.4 is 26.3 Å². The lowest BCUT2D eigenvalue weighted by atomic mass is 10.3. The van der Waals surface area contributed by atoms with Crippen LogP contribution in [0.3, 0.4) is 0 Å². The maximum Gasteiger partial charge on any atom is 0.185 e. The highest BCUT2D eigenvalue weighted by molar-refractivity contribution is 5.75. The molecule has 0 heterocycles. The first kappa shape index (κ1) is 18.8. The summed E-state index contributed by atoms with van der Waals surface area (Å²) in [6.07, 6.45) is 1.90. The second kappa shape index (κ2) is 11.3. The monoisotopic (exact) mass is 322 g/mol. The normalized spacial score (nSPS) is 11.5. The first-order chi connectivity index (χ1) is 11.1. The molecule has 23 heavy (non-hydrogen) atoms. The third kappa shape index (κ3) is 9.38. The lowest BCUT2D eigenvalue weighted by Crippen LogP contribution is -2.32. The van der Waals surface area contributed by atoms with E-state index in [0.29, 0.717) is 25.4 Å². The first-order valence-corrected chi connectivity index (χ1v) is 7.52. The van der Waals surface area contributed by atoms with Gasteiger partial charge in [-0.05, 0) is 37.2 Å². The molecule has 128 valence electrons. The molecule has 7 heteroatoms. The molecule has 1 atom stereocenters. The molecule has 0 aliphatic rings. The minimum atomic E-state index is -0.588. The van der Waals surface area contributed by atoms with Crippen LogP contribution in [0.2, 0.25) is 0 Å². The van der Waals surface area contributed by atoms with E-state index >= 15 is 0 Å². The highest BCUT2D eigenvalue weighted by atomic mass is 16.5. The van der Waals surface area contributed by atoms with Crippen molar-refractivity contribution in [3.8, 4) is 11.5 Å². The van der Waals surface area contributed by atoms with E-state index < -0.39 is 6.10 Å². The zero-order chi connectivity index (χ0) is 16.9. The summed E-state index contributed by atoms with van der Waals surface area (Å²) >= 11 is 0. The Morgan fingerprint density at radius 3 is 2.52 bits per heavy atom. The lowest BCUT2D eigenvalue weighted by molar-refractivity contribution is 0.106. The predicted molar refractivity (Wildman–Crippen MR) is 91.8 cm³/mol. The maximum absolute atomic E-state index is 9.84. The van der Waals surface area contributed by atoms with Gasteiger partial charge in [0.25, 0.3) is 0 Å². The van der Waals surface area contributed by atoms with Crippen LogP contribution in [0, 0.1) is 0 Å². The molecule has 1 rings (SSSR count). The summed E-state index contributed by atoms with van der Waals surface area (Å²) in [7, 11) is 0. The molecule has 6 N–H and O–H groups in total. The van der Waals surface area contributed by atoms with Crippen LogP contribution in [0.25, 0.3) is 0 Å². The number of benzene rings is 1. The Labute approximate surface area is 137 Å². The van der Waals surface area contributed by atoms with Crippen LogP contribution in [0.4, 0.5) is 0 Å². The van der Waals surface area contributed by atoms with Gasteiger partial charge in [0, 0.05) is 13.1 Å². The Morgan fingerprint density at radius 2 is 1.91 bits per heavy atom. The number of hydrogen-bond donors (Lipinski definition) is 4. The van der Waals surface area contributed by atoms with Crippen LogP contribution in [0.15, 0.2) is 41.9 Å². The fourth-order valence-electron chi connectivity index (χ4n) is 1.72. The summed E-state index contributed by atoms with van der Waals surface area (Å²) in [6.45, 7) is 6.02. The summed E-state index contributed by atoms with van der Waals surface area (Å²) in [5.41, 5.74) is 10.4. The predicted octanol–water partition coefficient (Wildman–Crippen LogP) is 0.244. The zero-order valence-electron chi connectivity index (χ0n) is 13.3. The van der Waals surface area contributed by atoms with E-state index in [2.05, 4.69) is 16.9 Å². The minimum Gasteiger partial charge on any atom is -0.491 e. The molecule has 0 aromatic heterocycles. The fourth-order valence-corrected chi connectivity index (χ4v) is 1.72. The smallest absolute Gasteiger partial charge is 0.185 e. The fraction of sp³-hybridized carbons (Fsp3) is 0.438. The average molecular weight is 322 g/mol. The van der Waals surface area contributed by atoms with Gasteiger partial charge in [-0.15, -0.1) is 0 Å². The second-order valence-electron chi connectivity index (χ2n) is 4.90. The SMILES string of the molecule is C=CCOc1ccc(OCC(O)CNCCCN=C(N)N)cc1. The van der Waals surface area contributed by atoms with Crippen LogP contribution in [-0.2, 0) is 0 Å². The molecule has 1 aromatic rings. The summed E-state index contributed by atoms with van der Waals surface area (Å²) in [6, 6.07) is 7.22. The van der Waals surface area contributed by atoms with Crippen molar-refractivity contribution in [1.82, 2.24) is 5.32 Å². The molecular weight excluding hydrogens is 296 g/mol. The van der Waals surface area contributed by atoms with Crippen molar-refractivity contribution in [2.45, 2.75) is 12.5 Å². The molecule has 1 aromatic carbocycles. The van der Waals surface area contributed by atoms with Gasteiger partial charge in [0.2, 0.25) is 0 Å². The van der Waals surface area contributed by atoms with Crippen molar-refractivity contribution in [3.63, 3.8) is 0 Å². The van der Waals surface area contributed by atoms with E-state index in [1.807, 2.05) is 12.1 Å². The van der Waals surface area contributed by atoms with Crippen LogP contribution in [0.1, 0.15) is 6.42 Å². The standard InChI is InChI=1S/C16H26N4O3/c1-2-10-22-14-4-6-15(7-5-14)23-12-13(21)11-19-8-3-9-20-16(17)18/h2,4-7,13,19,21H,1,3,8-12H2,(H4,17,18,20). The average Bonchev–Trinajstić information content (AvgIpc) is 2.55. The van der Waals surface area contributed by atoms with Gasteiger partial charge in [-0.1, -0.05) is 12.7 Å². The number of ether oxygens (including phenoxy) is 2. The zero-order valence-corrected chi connectivity index (χ0v) is 13.3. The number of aliphatic hydroxyl groups excluding tert-OH is 1. The van der Waals surface area contributed by atoms with Crippen molar-refractivity contribution >= 4 is 5.96 Å². The van der Waals surface area contributed by atoms with Gasteiger partial charge >= 0.3 is 0 Å². The number of hydrogen-bond acceptors (Lipinski definition) is 5. The van der Waals surface area contributed by atoms with Gasteiger partial charge in [0.05, 0.1) is 0 Å². The van der Waals surface area contributed by atoms with Gasteiger partial charge in [0.1, 0.15) is 30.8 Å². The van der Waals surface area contributed by atoms with Gasteiger partial charge in [-0.3, -0.25) is 4.99 Å². The molecule has 0 saturated carbocycles. The molecule has 0 amide bonds. The van der Waals surface area contributed by atoms with Crippen molar-refractivity contribution < 1.29 is 14.6 Å². The van der Waals surface area contributed by atoms with E-state index in [1.165, 1.54) is 0 Å². The minimum absolute atomic E-state index is 0.0966. The van der Waals surface area contributed by atoms with Crippen LogP contribution in [-0.4, -0.2) is 50.0 Å². The third-order valence-electron chi connectivity index (χ3n) is 2.82. The van der Waals surface area contributed by atoms with Gasteiger partial charge < -0.3 is 31.4 Å². The second-order valence-corrected chi connectivity index (χ2v) is 4.90. The number of nitrogens with two attached hydrogens (primary N) is 2. The molecular formula is C16H26N4O3. The third-order valence-corrected chi connectivity index (χ3v) is 2.82. The van der Waals surface area contributed by atoms with Gasteiger partial charge in [-0.2, -0.15) is 0 Å². The highest BCUT2D eigenvalue weighted by Crippen LogP contribution is 2.17. The largest absolute Gasteiger partial charge is 0.491 e. The van der Waals surface area contributed by atoms with E-state index in [9.17, 15) is 5.11 Å². The van der Waals surface area contributed by atoms with Gasteiger partial charge in [0.15, 0.2) is 5.96 Å². The molecule has 0 aliphatic heterocycles. The number of nitrogens with one attached hydrogen (secondary N) is 1. The van der Waals surface area contributed by atoms with E-state index in [4.69, 9.17) is 20.9 Å². The van der Waals surface area contributed by atoms with E-state index in [1.54, 1.807) is 18.2 Å². The number of aliphatic imine (C=N–C) groups is 1.